The van der Waals surface area contributed by atoms with E-state index in [0.29, 0.717) is 31.9 Å². The van der Waals surface area contributed by atoms with Crippen molar-refractivity contribution in [3.05, 3.63) is 82.1 Å². The zero-order valence-electron chi connectivity index (χ0n) is 23.6. The standard InChI is InChI=1S/C33H35N3O5/c1-3-24-27-15-23(41-31(37)12-7-20-5-8-22(9-6-20)39-14-13-34)10-11-29(27)35-32-28(24)18-36-17-21-19-40-33(38)25(4-2)26(21)16-30(32)36/h5-6,8-11,15-16,25H,3-4,7,12-14,17-19,34H2,1-2H3. The molecule has 212 valence electrons. The normalized spacial score (nSPS) is 17.5. The van der Waals surface area contributed by atoms with Gasteiger partial charge in [-0.15, -0.1) is 0 Å². The largest absolute Gasteiger partial charge is 0.492 e. The van der Waals surface area contributed by atoms with Gasteiger partial charge in [-0.2, -0.15) is 0 Å². The summed E-state index contributed by atoms with van der Waals surface area (Å²) in [5.74, 6) is 0.667. The lowest BCUT2D eigenvalue weighted by molar-refractivity contribution is -0.147. The molecule has 0 fully saturated rings. The van der Waals surface area contributed by atoms with Crippen LogP contribution in [0, 0.1) is 5.92 Å². The first kappa shape index (κ1) is 27.0. The summed E-state index contributed by atoms with van der Waals surface area (Å²) < 4.78 is 16.7. The molecule has 0 saturated carbocycles. The molecule has 41 heavy (non-hydrogen) atoms. The van der Waals surface area contributed by atoms with Gasteiger partial charge in [-0.3, -0.25) is 9.59 Å². The van der Waals surface area contributed by atoms with Crippen molar-refractivity contribution in [3.63, 3.8) is 0 Å². The molecule has 1 atom stereocenters. The Morgan fingerprint density at radius 2 is 1.93 bits per heavy atom. The Bertz CT molecular complexity index is 1570. The summed E-state index contributed by atoms with van der Waals surface area (Å²) in [5.41, 5.74) is 14.2. The third-order valence-electron chi connectivity index (χ3n) is 8.16. The number of fused-ring (bicyclic) bond motifs is 4. The van der Waals surface area contributed by atoms with Crippen LogP contribution in [0.5, 0.6) is 11.5 Å². The fourth-order valence-electron chi connectivity index (χ4n) is 6.10. The molecular formula is C33H35N3O5. The number of ether oxygens (including phenoxy) is 3. The van der Waals surface area contributed by atoms with Crippen LogP contribution in [0.2, 0.25) is 0 Å². The molecule has 8 nitrogen and oxygen atoms in total. The summed E-state index contributed by atoms with van der Waals surface area (Å²) >= 11 is 0. The van der Waals surface area contributed by atoms with Gasteiger partial charge in [-0.25, -0.2) is 4.98 Å². The second-order valence-corrected chi connectivity index (χ2v) is 10.7. The molecule has 0 bridgehead atoms. The summed E-state index contributed by atoms with van der Waals surface area (Å²) in [6.07, 6.45) is 4.57. The Labute approximate surface area is 239 Å². The van der Waals surface area contributed by atoms with Crippen LogP contribution in [0.3, 0.4) is 0 Å². The highest BCUT2D eigenvalue weighted by molar-refractivity contribution is 5.90. The van der Waals surface area contributed by atoms with Gasteiger partial charge in [0.15, 0.2) is 0 Å². The Morgan fingerprint density at radius 1 is 1.12 bits per heavy atom. The van der Waals surface area contributed by atoms with Crippen molar-refractivity contribution in [2.45, 2.75) is 46.1 Å². The van der Waals surface area contributed by atoms with Crippen LogP contribution >= 0.6 is 0 Å². The maximum atomic E-state index is 12.7. The van der Waals surface area contributed by atoms with Crippen molar-refractivity contribution >= 4 is 28.5 Å². The Morgan fingerprint density at radius 3 is 2.68 bits per heavy atom. The number of nitrogens with zero attached hydrogens (tertiary/aromatic N) is 2. The number of carbonyl (C=O) groups is 2. The fraction of sp³-hybridized carbons (Fsp3) is 0.364. The first-order valence-electron chi connectivity index (χ1n) is 14.4. The molecule has 3 aromatic rings. The predicted molar refractivity (Wildman–Crippen MR) is 156 cm³/mol. The SMILES string of the molecule is CCc1c2c(nc3ccc(OC(=O)CCc4ccc(OCCN)cc4)cc13)C1=CC3=C(COC(=O)C3CC)CN1C2. The molecule has 2 aromatic carbocycles. The number of hydrogen-bond donors (Lipinski definition) is 1. The molecule has 3 aliphatic heterocycles. The highest BCUT2D eigenvalue weighted by atomic mass is 16.5. The lowest BCUT2D eigenvalue weighted by atomic mass is 9.87. The molecular weight excluding hydrogens is 518 g/mol. The van der Waals surface area contributed by atoms with Crippen LogP contribution in [-0.2, 0) is 33.7 Å². The number of nitrogens with two attached hydrogens (primary N) is 1. The molecule has 1 unspecified atom stereocenters. The predicted octanol–water partition coefficient (Wildman–Crippen LogP) is 4.72. The van der Waals surface area contributed by atoms with Gasteiger partial charge in [0.1, 0.15) is 24.7 Å². The van der Waals surface area contributed by atoms with Gasteiger partial charge in [-0.1, -0.05) is 26.0 Å². The first-order valence-corrected chi connectivity index (χ1v) is 14.4. The molecule has 0 amide bonds. The average Bonchev–Trinajstić information content (AvgIpc) is 3.34. The highest BCUT2D eigenvalue weighted by Crippen LogP contribution is 2.43. The van der Waals surface area contributed by atoms with Crippen LogP contribution in [0.4, 0.5) is 0 Å². The summed E-state index contributed by atoms with van der Waals surface area (Å²) in [6, 6.07) is 13.4. The number of aromatic nitrogens is 1. The van der Waals surface area contributed by atoms with E-state index in [4.69, 9.17) is 24.9 Å². The molecule has 0 saturated heterocycles. The maximum Gasteiger partial charge on any atom is 0.313 e. The van der Waals surface area contributed by atoms with Crippen molar-refractivity contribution in [1.29, 1.82) is 0 Å². The zero-order valence-corrected chi connectivity index (χ0v) is 23.6. The first-order chi connectivity index (χ1) is 20.0. The van der Waals surface area contributed by atoms with E-state index in [2.05, 4.69) is 17.9 Å². The number of esters is 2. The molecule has 8 heteroatoms. The number of hydrogen-bond acceptors (Lipinski definition) is 8. The second-order valence-electron chi connectivity index (χ2n) is 10.7. The van der Waals surface area contributed by atoms with E-state index in [-0.39, 0.29) is 24.3 Å². The fourth-order valence-corrected chi connectivity index (χ4v) is 6.10. The maximum absolute atomic E-state index is 12.7. The van der Waals surface area contributed by atoms with Crippen LogP contribution in [0.15, 0.2) is 59.7 Å². The van der Waals surface area contributed by atoms with E-state index in [9.17, 15) is 9.59 Å². The van der Waals surface area contributed by atoms with Crippen molar-refractivity contribution in [3.8, 4) is 11.5 Å². The van der Waals surface area contributed by atoms with Gasteiger partial charge in [0.2, 0.25) is 0 Å². The van der Waals surface area contributed by atoms with Gasteiger partial charge < -0.3 is 24.8 Å². The van der Waals surface area contributed by atoms with Crippen LogP contribution in [-0.4, -0.2) is 48.1 Å². The van der Waals surface area contributed by atoms with Crippen LogP contribution in [0.25, 0.3) is 16.6 Å². The van der Waals surface area contributed by atoms with E-state index in [1.54, 1.807) is 0 Å². The summed E-state index contributed by atoms with van der Waals surface area (Å²) in [6.45, 7) is 6.98. The minimum Gasteiger partial charge on any atom is -0.492 e. The quantitative estimate of drug-likeness (QED) is 0.300. The molecule has 0 aliphatic carbocycles. The average molecular weight is 554 g/mol. The van der Waals surface area contributed by atoms with Crippen LogP contribution in [0.1, 0.15) is 49.1 Å². The molecule has 4 heterocycles. The minimum absolute atomic E-state index is 0.136. The summed E-state index contributed by atoms with van der Waals surface area (Å²) in [4.78, 5) is 32.5. The number of aryl methyl sites for hydroxylation is 2. The molecule has 1 aromatic heterocycles. The number of carbonyl (C=O) groups excluding carboxylic acids is 2. The molecule has 6 rings (SSSR count). The summed E-state index contributed by atoms with van der Waals surface area (Å²) in [7, 11) is 0. The van der Waals surface area contributed by atoms with Gasteiger partial charge in [0.05, 0.1) is 22.8 Å². The number of cyclic esters (lactones) is 1. The van der Waals surface area contributed by atoms with Crippen LogP contribution < -0.4 is 15.2 Å². The van der Waals surface area contributed by atoms with Gasteiger partial charge in [-0.05, 0) is 77.9 Å². The van der Waals surface area contributed by atoms with E-state index in [0.717, 1.165) is 65.1 Å². The lowest BCUT2D eigenvalue weighted by Gasteiger charge is -2.33. The van der Waals surface area contributed by atoms with E-state index in [1.165, 1.54) is 16.7 Å². The monoisotopic (exact) mass is 553 g/mol. The van der Waals surface area contributed by atoms with E-state index < -0.39 is 0 Å². The molecule has 2 N–H and O–H groups in total. The minimum atomic E-state index is -0.277. The van der Waals surface area contributed by atoms with Gasteiger partial charge >= 0.3 is 11.9 Å². The lowest BCUT2D eigenvalue weighted by Crippen LogP contribution is -2.34. The molecule has 0 spiro atoms. The van der Waals surface area contributed by atoms with E-state index >= 15 is 0 Å². The Balaban J connectivity index is 1.21. The number of benzene rings is 2. The zero-order chi connectivity index (χ0) is 28.5. The third-order valence-corrected chi connectivity index (χ3v) is 8.16. The third kappa shape index (κ3) is 5.20. The Kier molecular flexibility index (Phi) is 7.49. The van der Waals surface area contributed by atoms with Gasteiger partial charge in [0, 0.05) is 37.0 Å². The van der Waals surface area contributed by atoms with Crippen molar-refractivity contribution in [1.82, 2.24) is 9.88 Å². The smallest absolute Gasteiger partial charge is 0.313 e. The highest BCUT2D eigenvalue weighted by Gasteiger charge is 2.37. The van der Waals surface area contributed by atoms with Crippen molar-refractivity contribution in [2.75, 3.05) is 26.3 Å². The molecule has 3 aliphatic rings. The Hall–Kier alpha value is -4.17. The second kappa shape index (κ2) is 11.4. The van der Waals surface area contributed by atoms with Gasteiger partial charge in [0.25, 0.3) is 0 Å². The number of pyridine rings is 1. The van der Waals surface area contributed by atoms with Crippen molar-refractivity contribution < 1.29 is 23.8 Å². The summed E-state index contributed by atoms with van der Waals surface area (Å²) in [5, 5.41) is 1.01. The molecule has 0 radical (unpaired) electrons. The van der Waals surface area contributed by atoms with E-state index in [1.807, 2.05) is 49.4 Å². The number of rotatable bonds is 9. The van der Waals surface area contributed by atoms with Crippen molar-refractivity contribution in [2.24, 2.45) is 11.7 Å². The number of allylic oxidation sites excluding steroid dienone is 1. The topological polar surface area (TPSA) is 104 Å².